The van der Waals surface area contributed by atoms with Crippen LogP contribution in [0.1, 0.15) is 16.1 Å². The zero-order valence-electron chi connectivity index (χ0n) is 10.2. The summed E-state index contributed by atoms with van der Waals surface area (Å²) >= 11 is 1.12. The van der Waals surface area contributed by atoms with Gasteiger partial charge >= 0.3 is 12.1 Å². The van der Waals surface area contributed by atoms with Gasteiger partial charge in [0.15, 0.2) is 10.9 Å². The molecule has 0 aliphatic rings. The molecule has 20 heavy (non-hydrogen) atoms. The van der Waals surface area contributed by atoms with E-state index in [-0.39, 0.29) is 22.1 Å². The monoisotopic (exact) mass is 302 g/mol. The summed E-state index contributed by atoms with van der Waals surface area (Å²) in [4.78, 5) is 17.5. The van der Waals surface area contributed by atoms with Crippen molar-refractivity contribution < 1.29 is 23.1 Å². The first-order chi connectivity index (χ1) is 9.34. The molecule has 0 spiro atoms. The van der Waals surface area contributed by atoms with Crippen molar-refractivity contribution in [2.75, 3.05) is 6.26 Å². The first-order valence-corrected chi connectivity index (χ1v) is 6.61. The van der Waals surface area contributed by atoms with Crippen LogP contribution < -0.4 is 0 Å². The van der Waals surface area contributed by atoms with Crippen LogP contribution in [0.2, 0.25) is 0 Å². The summed E-state index contributed by atoms with van der Waals surface area (Å²) in [7, 11) is 0. The molecular formula is C12H9F3N2O2S. The van der Waals surface area contributed by atoms with Crippen LogP contribution in [0.25, 0.3) is 11.3 Å². The molecule has 0 unspecified atom stereocenters. The molecule has 1 heterocycles. The zero-order chi connectivity index (χ0) is 14.9. The Morgan fingerprint density at radius 1 is 1.35 bits per heavy atom. The molecule has 2 N–H and O–H groups in total. The highest BCUT2D eigenvalue weighted by Crippen LogP contribution is 2.37. The molecule has 4 nitrogen and oxygen atoms in total. The summed E-state index contributed by atoms with van der Waals surface area (Å²) in [6.45, 7) is 0. The summed E-state index contributed by atoms with van der Waals surface area (Å²) < 4.78 is 38.9. The van der Waals surface area contributed by atoms with Gasteiger partial charge in [0.05, 0.1) is 5.56 Å². The predicted molar refractivity (Wildman–Crippen MR) is 67.8 cm³/mol. The van der Waals surface area contributed by atoms with Crippen molar-refractivity contribution in [3.05, 3.63) is 35.5 Å². The number of imidazole rings is 1. The number of hydrogen-bond donors (Lipinski definition) is 2. The van der Waals surface area contributed by atoms with Gasteiger partial charge in [-0.2, -0.15) is 13.2 Å². The SMILES string of the molecule is CSc1nc(-c2ccccc2C(F)(F)F)c(C(=O)O)[nH]1. The lowest BCUT2D eigenvalue weighted by Crippen LogP contribution is -2.08. The Hall–Kier alpha value is -1.96. The number of thioether (sulfide) groups is 1. The summed E-state index contributed by atoms with van der Waals surface area (Å²) in [5.74, 6) is -1.36. The van der Waals surface area contributed by atoms with Crippen LogP contribution in [-0.2, 0) is 6.18 Å². The molecule has 0 fully saturated rings. The van der Waals surface area contributed by atoms with E-state index >= 15 is 0 Å². The molecular weight excluding hydrogens is 293 g/mol. The molecule has 0 bridgehead atoms. The lowest BCUT2D eigenvalue weighted by Gasteiger charge is -2.11. The van der Waals surface area contributed by atoms with Crippen molar-refractivity contribution >= 4 is 17.7 Å². The molecule has 8 heteroatoms. The van der Waals surface area contributed by atoms with Crippen LogP contribution in [-0.4, -0.2) is 27.3 Å². The average molecular weight is 302 g/mol. The summed E-state index contributed by atoms with van der Waals surface area (Å²) in [5, 5.41) is 9.31. The number of aromatic carboxylic acids is 1. The molecule has 0 radical (unpaired) electrons. The molecule has 2 aromatic rings. The van der Waals surface area contributed by atoms with Crippen molar-refractivity contribution in [3.8, 4) is 11.3 Å². The maximum absolute atomic E-state index is 13.0. The van der Waals surface area contributed by atoms with Crippen molar-refractivity contribution in [1.82, 2.24) is 9.97 Å². The van der Waals surface area contributed by atoms with Gasteiger partial charge in [-0.1, -0.05) is 30.0 Å². The molecule has 106 valence electrons. The van der Waals surface area contributed by atoms with E-state index in [2.05, 4.69) is 9.97 Å². The highest BCUT2D eigenvalue weighted by Gasteiger charge is 2.35. The number of benzene rings is 1. The van der Waals surface area contributed by atoms with Crippen LogP contribution in [0.4, 0.5) is 13.2 Å². The maximum atomic E-state index is 13.0. The van der Waals surface area contributed by atoms with Crippen molar-refractivity contribution in [1.29, 1.82) is 0 Å². The minimum absolute atomic E-state index is 0.213. The topological polar surface area (TPSA) is 66.0 Å². The third-order valence-corrected chi connectivity index (χ3v) is 3.16. The number of carboxylic acids is 1. The van der Waals surface area contributed by atoms with Gasteiger partial charge in [0.1, 0.15) is 5.69 Å². The summed E-state index contributed by atoms with van der Waals surface area (Å²) in [6, 6.07) is 4.75. The average Bonchev–Trinajstić information content (AvgIpc) is 2.82. The normalized spacial score (nSPS) is 11.6. The first-order valence-electron chi connectivity index (χ1n) is 5.38. The van der Waals surface area contributed by atoms with E-state index in [4.69, 9.17) is 5.11 Å². The van der Waals surface area contributed by atoms with Crippen LogP contribution >= 0.6 is 11.8 Å². The molecule has 0 saturated carbocycles. The molecule has 0 aliphatic carbocycles. The fourth-order valence-corrected chi connectivity index (χ4v) is 2.12. The Bertz CT molecular complexity index is 652. The lowest BCUT2D eigenvalue weighted by atomic mass is 10.0. The number of alkyl halides is 3. The van der Waals surface area contributed by atoms with E-state index in [1.54, 1.807) is 6.26 Å². The number of rotatable bonds is 3. The molecule has 2 rings (SSSR count). The molecule has 0 amide bonds. The van der Waals surface area contributed by atoms with Crippen LogP contribution in [0.15, 0.2) is 29.4 Å². The maximum Gasteiger partial charge on any atom is 0.417 e. The van der Waals surface area contributed by atoms with Gasteiger partial charge in [0, 0.05) is 5.56 Å². The van der Waals surface area contributed by atoms with Gasteiger partial charge in [-0.3, -0.25) is 0 Å². The smallest absolute Gasteiger partial charge is 0.417 e. The molecule has 1 aromatic carbocycles. The third-order valence-electron chi connectivity index (χ3n) is 2.58. The number of H-pyrrole nitrogens is 1. The number of halogens is 3. The van der Waals surface area contributed by atoms with Gasteiger partial charge in [0.2, 0.25) is 0 Å². The van der Waals surface area contributed by atoms with E-state index in [9.17, 15) is 18.0 Å². The number of carboxylic acid groups (broad SMARTS) is 1. The second kappa shape index (κ2) is 5.20. The number of aromatic amines is 1. The number of nitrogens with one attached hydrogen (secondary N) is 1. The Morgan fingerprint density at radius 3 is 2.55 bits per heavy atom. The Labute approximate surface area is 116 Å². The summed E-state index contributed by atoms with van der Waals surface area (Å²) in [5.41, 5.74) is -1.74. The Morgan fingerprint density at radius 2 is 2.00 bits per heavy atom. The fraction of sp³-hybridized carbons (Fsp3) is 0.167. The van der Waals surface area contributed by atoms with Crippen LogP contribution in [0.3, 0.4) is 0 Å². The number of aromatic nitrogens is 2. The standard InChI is InChI=1S/C12H9F3N2O2S/c1-20-11-16-8(9(17-11)10(18)19)6-4-2-3-5-7(6)12(13,14)15/h2-5H,1H3,(H,16,17)(H,18,19). The largest absolute Gasteiger partial charge is 0.477 e. The third kappa shape index (κ3) is 2.64. The van der Waals surface area contributed by atoms with Crippen molar-refractivity contribution in [2.45, 2.75) is 11.3 Å². The quantitative estimate of drug-likeness (QED) is 0.851. The fourth-order valence-electron chi connectivity index (χ4n) is 1.73. The highest BCUT2D eigenvalue weighted by atomic mass is 32.2. The Kier molecular flexibility index (Phi) is 3.76. The van der Waals surface area contributed by atoms with E-state index < -0.39 is 17.7 Å². The summed E-state index contributed by atoms with van der Waals surface area (Å²) in [6.07, 6.45) is -2.94. The molecule has 0 saturated heterocycles. The van der Waals surface area contributed by atoms with Crippen molar-refractivity contribution in [2.24, 2.45) is 0 Å². The van der Waals surface area contributed by atoms with Crippen LogP contribution in [0.5, 0.6) is 0 Å². The van der Waals surface area contributed by atoms with E-state index in [0.29, 0.717) is 0 Å². The van der Waals surface area contributed by atoms with Crippen LogP contribution in [0, 0.1) is 0 Å². The predicted octanol–water partition coefficient (Wildman–Crippen LogP) is 3.52. The molecule has 1 aromatic heterocycles. The van der Waals surface area contributed by atoms with Gasteiger partial charge in [-0.25, -0.2) is 9.78 Å². The number of hydrogen-bond acceptors (Lipinski definition) is 3. The second-order valence-corrected chi connectivity index (χ2v) is 4.61. The minimum Gasteiger partial charge on any atom is -0.477 e. The lowest BCUT2D eigenvalue weighted by molar-refractivity contribution is -0.137. The Balaban J connectivity index is 2.69. The molecule has 0 aliphatic heterocycles. The van der Waals surface area contributed by atoms with E-state index in [0.717, 1.165) is 17.8 Å². The van der Waals surface area contributed by atoms with Gasteiger partial charge in [0.25, 0.3) is 0 Å². The highest BCUT2D eigenvalue weighted by molar-refractivity contribution is 7.98. The van der Waals surface area contributed by atoms with E-state index in [1.807, 2.05) is 0 Å². The van der Waals surface area contributed by atoms with Gasteiger partial charge in [-0.15, -0.1) is 0 Å². The number of nitrogens with zero attached hydrogens (tertiary/aromatic N) is 1. The zero-order valence-corrected chi connectivity index (χ0v) is 11.0. The van der Waals surface area contributed by atoms with E-state index in [1.165, 1.54) is 18.2 Å². The van der Waals surface area contributed by atoms with Gasteiger partial charge in [-0.05, 0) is 12.3 Å². The van der Waals surface area contributed by atoms with Gasteiger partial charge < -0.3 is 10.1 Å². The second-order valence-electron chi connectivity index (χ2n) is 3.82. The first kappa shape index (κ1) is 14.4. The molecule has 0 atom stereocenters. The number of carbonyl (C=O) groups is 1. The minimum atomic E-state index is -4.58. The van der Waals surface area contributed by atoms with Crippen molar-refractivity contribution in [3.63, 3.8) is 0 Å².